The lowest BCUT2D eigenvalue weighted by molar-refractivity contribution is 0.918. The first-order valence-corrected chi connectivity index (χ1v) is 12.1. The molecule has 1 heterocycles. The SMILES string of the molecule is C(=C\[C@@H](c1ccccc1)c1ccc([C@@H](/C=C/c2ccccc2)c2ccccc2)[nH]1)/c1ccccc1. The van der Waals surface area contributed by atoms with Gasteiger partial charge in [-0.05, 0) is 34.4 Å². The molecular formula is C34H29N. The Balaban J connectivity index is 1.50. The zero-order chi connectivity index (χ0) is 23.7. The summed E-state index contributed by atoms with van der Waals surface area (Å²) in [5.41, 5.74) is 7.31. The molecule has 0 saturated heterocycles. The van der Waals surface area contributed by atoms with E-state index in [1.54, 1.807) is 0 Å². The Morgan fingerprint density at radius 3 is 1.11 bits per heavy atom. The molecule has 0 amide bonds. The Morgan fingerprint density at radius 1 is 0.400 bits per heavy atom. The highest BCUT2D eigenvalue weighted by Gasteiger charge is 2.17. The average Bonchev–Trinajstić information content (AvgIpc) is 3.41. The molecule has 0 unspecified atom stereocenters. The smallest absolute Gasteiger partial charge is 0.0424 e. The van der Waals surface area contributed by atoms with Crippen LogP contribution in [0.3, 0.4) is 0 Å². The Kier molecular flexibility index (Phi) is 7.16. The van der Waals surface area contributed by atoms with Gasteiger partial charge < -0.3 is 4.98 Å². The van der Waals surface area contributed by atoms with E-state index in [2.05, 4.69) is 163 Å². The van der Waals surface area contributed by atoms with Crippen molar-refractivity contribution in [2.45, 2.75) is 11.8 Å². The van der Waals surface area contributed by atoms with Gasteiger partial charge in [0.15, 0.2) is 0 Å². The molecule has 1 nitrogen and oxygen atoms in total. The number of rotatable bonds is 8. The van der Waals surface area contributed by atoms with Crippen molar-refractivity contribution < 1.29 is 0 Å². The van der Waals surface area contributed by atoms with E-state index in [0.29, 0.717) is 0 Å². The van der Waals surface area contributed by atoms with Gasteiger partial charge in [-0.1, -0.05) is 146 Å². The zero-order valence-corrected chi connectivity index (χ0v) is 19.7. The van der Waals surface area contributed by atoms with E-state index < -0.39 is 0 Å². The van der Waals surface area contributed by atoms with Crippen LogP contribution in [0.4, 0.5) is 0 Å². The maximum atomic E-state index is 3.78. The van der Waals surface area contributed by atoms with Crippen molar-refractivity contribution in [1.29, 1.82) is 0 Å². The number of hydrogen-bond acceptors (Lipinski definition) is 0. The van der Waals surface area contributed by atoms with Crippen LogP contribution in [-0.4, -0.2) is 4.98 Å². The molecule has 0 fully saturated rings. The van der Waals surface area contributed by atoms with Gasteiger partial charge >= 0.3 is 0 Å². The molecule has 1 heteroatoms. The molecule has 170 valence electrons. The lowest BCUT2D eigenvalue weighted by Crippen LogP contribution is -2.02. The lowest BCUT2D eigenvalue weighted by atomic mass is 9.94. The summed E-state index contributed by atoms with van der Waals surface area (Å²) < 4.78 is 0. The monoisotopic (exact) mass is 451 g/mol. The summed E-state index contributed by atoms with van der Waals surface area (Å²) in [4.78, 5) is 3.78. The summed E-state index contributed by atoms with van der Waals surface area (Å²) in [6.07, 6.45) is 9.00. The summed E-state index contributed by atoms with van der Waals surface area (Å²) >= 11 is 0. The highest BCUT2D eigenvalue weighted by atomic mass is 14.7. The Morgan fingerprint density at radius 2 is 0.743 bits per heavy atom. The summed E-state index contributed by atoms with van der Waals surface area (Å²) in [5, 5.41) is 0. The molecule has 0 saturated carbocycles. The number of aromatic amines is 1. The van der Waals surface area contributed by atoms with E-state index in [4.69, 9.17) is 0 Å². The molecule has 0 spiro atoms. The Bertz CT molecular complexity index is 1260. The van der Waals surface area contributed by atoms with Crippen molar-refractivity contribution in [3.8, 4) is 0 Å². The fraction of sp³-hybridized carbons (Fsp3) is 0.0588. The maximum absolute atomic E-state index is 3.78. The number of allylic oxidation sites excluding steroid dienone is 2. The van der Waals surface area contributed by atoms with Gasteiger partial charge in [0.1, 0.15) is 0 Å². The first kappa shape index (κ1) is 22.4. The van der Waals surface area contributed by atoms with Crippen molar-refractivity contribution in [3.05, 3.63) is 179 Å². The van der Waals surface area contributed by atoms with E-state index >= 15 is 0 Å². The van der Waals surface area contributed by atoms with Crippen LogP contribution in [0, 0.1) is 0 Å². The van der Waals surface area contributed by atoms with Gasteiger partial charge in [0.05, 0.1) is 0 Å². The zero-order valence-electron chi connectivity index (χ0n) is 19.7. The van der Waals surface area contributed by atoms with Gasteiger partial charge in [0.2, 0.25) is 0 Å². The Labute approximate surface area is 208 Å². The molecule has 0 aliphatic carbocycles. The molecule has 1 aromatic heterocycles. The first-order valence-electron chi connectivity index (χ1n) is 12.1. The standard InChI is InChI=1S/C34H29N/c1-5-13-27(14-6-1)21-23-31(29-17-9-3-10-18-29)33-25-26-34(35-33)32(30-19-11-4-12-20-30)24-22-28-15-7-2-8-16-28/h1-26,31-32,35H/b23-21+,24-22+/t31-,32-/m0/s1. The minimum Gasteiger partial charge on any atom is -0.361 e. The Hall–Kier alpha value is -4.36. The summed E-state index contributed by atoms with van der Waals surface area (Å²) in [6, 6.07) is 46.8. The van der Waals surface area contributed by atoms with Crippen LogP contribution in [0.5, 0.6) is 0 Å². The largest absolute Gasteiger partial charge is 0.361 e. The molecule has 1 N–H and O–H groups in total. The van der Waals surface area contributed by atoms with E-state index in [0.717, 1.165) is 0 Å². The van der Waals surface area contributed by atoms with Gasteiger partial charge in [-0.25, -0.2) is 0 Å². The van der Waals surface area contributed by atoms with Crippen LogP contribution in [0.15, 0.2) is 146 Å². The van der Waals surface area contributed by atoms with Crippen LogP contribution in [0.2, 0.25) is 0 Å². The van der Waals surface area contributed by atoms with Crippen LogP contribution in [-0.2, 0) is 0 Å². The molecule has 4 aromatic carbocycles. The van der Waals surface area contributed by atoms with Crippen molar-refractivity contribution in [2.24, 2.45) is 0 Å². The quantitative estimate of drug-likeness (QED) is 0.243. The predicted molar refractivity (Wildman–Crippen MR) is 148 cm³/mol. The van der Waals surface area contributed by atoms with E-state index in [9.17, 15) is 0 Å². The molecule has 0 aliphatic rings. The first-order chi connectivity index (χ1) is 17.4. The second kappa shape index (κ2) is 11.2. The lowest BCUT2D eigenvalue weighted by Gasteiger charge is -2.15. The third-order valence-corrected chi connectivity index (χ3v) is 6.28. The molecule has 2 atom stereocenters. The fourth-order valence-electron chi connectivity index (χ4n) is 4.44. The van der Waals surface area contributed by atoms with Gasteiger partial charge in [0, 0.05) is 23.2 Å². The maximum Gasteiger partial charge on any atom is 0.0424 e. The average molecular weight is 452 g/mol. The van der Waals surface area contributed by atoms with Crippen molar-refractivity contribution >= 4 is 12.2 Å². The normalized spacial score (nSPS) is 13.3. The second-order valence-electron chi connectivity index (χ2n) is 8.69. The van der Waals surface area contributed by atoms with Gasteiger partial charge in [-0.15, -0.1) is 0 Å². The fourth-order valence-corrected chi connectivity index (χ4v) is 4.44. The highest BCUT2D eigenvalue weighted by molar-refractivity contribution is 5.54. The predicted octanol–water partition coefficient (Wildman–Crippen LogP) is 8.71. The van der Waals surface area contributed by atoms with Crippen molar-refractivity contribution in [3.63, 3.8) is 0 Å². The number of benzene rings is 4. The third kappa shape index (κ3) is 5.77. The minimum atomic E-state index is 0.139. The van der Waals surface area contributed by atoms with Crippen LogP contribution in [0.1, 0.15) is 45.5 Å². The number of hydrogen-bond donors (Lipinski definition) is 1. The van der Waals surface area contributed by atoms with Crippen LogP contribution >= 0.6 is 0 Å². The number of nitrogens with one attached hydrogen (secondary N) is 1. The number of aromatic nitrogens is 1. The van der Waals surface area contributed by atoms with Crippen LogP contribution in [0.25, 0.3) is 12.2 Å². The molecule has 0 bridgehead atoms. The summed E-state index contributed by atoms with van der Waals surface area (Å²) in [5.74, 6) is 0.277. The highest BCUT2D eigenvalue weighted by Crippen LogP contribution is 2.31. The van der Waals surface area contributed by atoms with Gasteiger partial charge in [-0.3, -0.25) is 0 Å². The molecule has 5 rings (SSSR count). The minimum absolute atomic E-state index is 0.139. The van der Waals surface area contributed by atoms with Crippen LogP contribution < -0.4 is 0 Å². The molecular weight excluding hydrogens is 422 g/mol. The van der Waals surface area contributed by atoms with Crippen molar-refractivity contribution in [2.75, 3.05) is 0 Å². The van der Waals surface area contributed by atoms with Gasteiger partial charge in [0.25, 0.3) is 0 Å². The summed E-state index contributed by atoms with van der Waals surface area (Å²) in [7, 11) is 0. The molecule has 5 aromatic rings. The molecule has 35 heavy (non-hydrogen) atoms. The summed E-state index contributed by atoms with van der Waals surface area (Å²) in [6.45, 7) is 0. The molecule has 0 radical (unpaired) electrons. The third-order valence-electron chi connectivity index (χ3n) is 6.28. The topological polar surface area (TPSA) is 15.8 Å². The van der Waals surface area contributed by atoms with E-state index in [1.807, 2.05) is 0 Å². The number of H-pyrrole nitrogens is 1. The molecule has 0 aliphatic heterocycles. The van der Waals surface area contributed by atoms with E-state index in [1.165, 1.54) is 33.6 Å². The van der Waals surface area contributed by atoms with Crippen molar-refractivity contribution in [1.82, 2.24) is 4.98 Å². The second-order valence-corrected chi connectivity index (χ2v) is 8.69. The van der Waals surface area contributed by atoms with Gasteiger partial charge in [-0.2, -0.15) is 0 Å². The van der Waals surface area contributed by atoms with E-state index in [-0.39, 0.29) is 11.8 Å².